The van der Waals surface area contributed by atoms with Crippen molar-refractivity contribution in [3.8, 4) is 0 Å². The number of benzene rings is 6. The van der Waals surface area contributed by atoms with Gasteiger partial charge in [0.25, 0.3) is 0 Å². The zero-order valence-corrected chi connectivity index (χ0v) is 22.8. The fourth-order valence-corrected chi connectivity index (χ4v) is 7.08. The molecule has 0 saturated heterocycles. The van der Waals surface area contributed by atoms with E-state index in [1.165, 1.54) is 95.5 Å². The maximum Gasteiger partial charge on any atom is 0.0544 e. The van der Waals surface area contributed by atoms with Gasteiger partial charge in [0, 0.05) is 49.3 Å². The Bertz CT molecular complexity index is 2040. The molecule has 0 radical (unpaired) electrons. The van der Waals surface area contributed by atoms with Crippen LogP contribution in [0.2, 0.25) is 0 Å². The van der Waals surface area contributed by atoms with Crippen molar-refractivity contribution in [2.45, 2.75) is 38.5 Å². The van der Waals surface area contributed by atoms with Gasteiger partial charge in [-0.15, -0.1) is 0 Å². The lowest BCUT2D eigenvalue weighted by Crippen LogP contribution is -2.04. The highest BCUT2D eigenvalue weighted by Gasteiger charge is 2.23. The molecule has 2 heteroatoms. The van der Waals surface area contributed by atoms with Gasteiger partial charge >= 0.3 is 0 Å². The molecule has 0 spiro atoms. The third kappa shape index (κ3) is 3.49. The zero-order valence-electron chi connectivity index (χ0n) is 22.8. The molecule has 0 amide bonds. The van der Waals surface area contributed by atoms with Crippen LogP contribution in [0.4, 0.5) is 0 Å². The molecule has 2 heterocycles. The van der Waals surface area contributed by atoms with E-state index in [1.807, 2.05) is 0 Å². The van der Waals surface area contributed by atoms with E-state index in [2.05, 4.69) is 126 Å². The number of hydrogen-bond acceptors (Lipinski definition) is 0. The van der Waals surface area contributed by atoms with Crippen LogP contribution in [0.3, 0.4) is 0 Å². The Morgan fingerprint density at radius 2 is 0.900 bits per heavy atom. The first-order chi connectivity index (χ1) is 19.8. The zero-order chi connectivity index (χ0) is 26.6. The number of nitrogens with one attached hydrogen (secondary N) is 2. The van der Waals surface area contributed by atoms with Crippen molar-refractivity contribution in [1.29, 1.82) is 0 Å². The van der Waals surface area contributed by atoms with Crippen LogP contribution in [0.5, 0.6) is 0 Å². The van der Waals surface area contributed by atoms with E-state index in [0.29, 0.717) is 0 Å². The highest BCUT2D eigenvalue weighted by molar-refractivity contribution is 6.19. The number of para-hydroxylation sites is 2. The Hall–Kier alpha value is -4.56. The second-order valence-corrected chi connectivity index (χ2v) is 11.3. The molecule has 0 aliphatic rings. The molecule has 40 heavy (non-hydrogen) atoms. The SMILES string of the molecule is CCCCCC(c1cc2c3ccccc3[nH]c2c2ccccc12)c1cc2c3ccccc3[nH]c2c2ccccc12. The van der Waals surface area contributed by atoms with Gasteiger partial charge in [-0.05, 0) is 52.6 Å². The average molecular weight is 517 g/mol. The summed E-state index contributed by atoms with van der Waals surface area (Å²) in [5, 5.41) is 10.6. The van der Waals surface area contributed by atoms with Crippen LogP contribution in [0.25, 0.3) is 65.2 Å². The van der Waals surface area contributed by atoms with Gasteiger partial charge in [-0.1, -0.05) is 111 Å². The molecule has 0 saturated carbocycles. The topological polar surface area (TPSA) is 31.6 Å². The van der Waals surface area contributed by atoms with Crippen LogP contribution in [0, 0.1) is 0 Å². The number of aromatic nitrogens is 2. The predicted molar refractivity (Wildman–Crippen MR) is 173 cm³/mol. The van der Waals surface area contributed by atoms with Gasteiger partial charge in [-0.2, -0.15) is 0 Å². The Kier molecular flexibility index (Phi) is 5.41. The number of H-pyrrole nitrogens is 2. The summed E-state index contributed by atoms with van der Waals surface area (Å²) in [7, 11) is 0. The van der Waals surface area contributed by atoms with Crippen LogP contribution < -0.4 is 0 Å². The van der Waals surface area contributed by atoms with Gasteiger partial charge in [0.1, 0.15) is 0 Å². The molecule has 0 bridgehead atoms. The molecule has 0 aliphatic carbocycles. The molecule has 0 aliphatic heterocycles. The van der Waals surface area contributed by atoms with Gasteiger partial charge in [-0.3, -0.25) is 0 Å². The molecule has 0 fully saturated rings. The molecule has 2 aromatic heterocycles. The van der Waals surface area contributed by atoms with Gasteiger partial charge in [0.2, 0.25) is 0 Å². The summed E-state index contributed by atoms with van der Waals surface area (Å²) in [4.78, 5) is 7.49. The van der Waals surface area contributed by atoms with E-state index in [1.54, 1.807) is 0 Å². The number of rotatable bonds is 6. The summed E-state index contributed by atoms with van der Waals surface area (Å²) >= 11 is 0. The minimum Gasteiger partial charge on any atom is -0.354 e. The van der Waals surface area contributed by atoms with Gasteiger partial charge < -0.3 is 9.97 Å². The second-order valence-electron chi connectivity index (χ2n) is 11.3. The molecule has 0 unspecified atom stereocenters. The van der Waals surface area contributed by atoms with Gasteiger partial charge in [0.05, 0.1) is 11.0 Å². The molecule has 8 rings (SSSR count). The molecular weight excluding hydrogens is 484 g/mol. The predicted octanol–water partition coefficient (Wildman–Crippen LogP) is 11.0. The van der Waals surface area contributed by atoms with Crippen molar-refractivity contribution in [2.75, 3.05) is 0 Å². The number of unbranched alkanes of at least 4 members (excludes halogenated alkanes) is 2. The van der Waals surface area contributed by atoms with Gasteiger partial charge in [-0.25, -0.2) is 0 Å². The first-order valence-electron chi connectivity index (χ1n) is 14.7. The molecule has 8 aromatic rings. The second kappa shape index (κ2) is 9.27. The number of fused-ring (bicyclic) bond motifs is 10. The lowest BCUT2D eigenvalue weighted by Gasteiger charge is -2.23. The fourth-order valence-electron chi connectivity index (χ4n) is 7.08. The van der Waals surface area contributed by atoms with Crippen molar-refractivity contribution in [2.24, 2.45) is 0 Å². The summed E-state index contributed by atoms with van der Waals surface area (Å²) in [5.41, 5.74) is 7.76. The van der Waals surface area contributed by atoms with Crippen molar-refractivity contribution in [3.63, 3.8) is 0 Å². The highest BCUT2D eigenvalue weighted by atomic mass is 14.7. The van der Waals surface area contributed by atoms with Crippen molar-refractivity contribution in [3.05, 3.63) is 120 Å². The first-order valence-corrected chi connectivity index (χ1v) is 14.7. The molecular formula is C38H32N2. The van der Waals surface area contributed by atoms with E-state index in [-0.39, 0.29) is 5.92 Å². The van der Waals surface area contributed by atoms with Crippen LogP contribution in [0.15, 0.2) is 109 Å². The quantitative estimate of drug-likeness (QED) is 0.206. The van der Waals surface area contributed by atoms with Crippen LogP contribution in [0.1, 0.15) is 49.7 Å². The Balaban J connectivity index is 1.48. The van der Waals surface area contributed by atoms with Gasteiger partial charge in [0.15, 0.2) is 0 Å². The lowest BCUT2D eigenvalue weighted by atomic mass is 9.80. The Morgan fingerprint density at radius 1 is 0.475 bits per heavy atom. The van der Waals surface area contributed by atoms with E-state index in [4.69, 9.17) is 0 Å². The molecule has 2 nitrogen and oxygen atoms in total. The molecule has 6 aromatic carbocycles. The summed E-state index contributed by atoms with van der Waals surface area (Å²) in [6.07, 6.45) is 4.80. The van der Waals surface area contributed by atoms with E-state index in [9.17, 15) is 0 Å². The van der Waals surface area contributed by atoms with Crippen LogP contribution >= 0.6 is 0 Å². The van der Waals surface area contributed by atoms with Crippen LogP contribution in [-0.2, 0) is 0 Å². The lowest BCUT2D eigenvalue weighted by molar-refractivity contribution is 0.623. The monoisotopic (exact) mass is 516 g/mol. The average Bonchev–Trinajstić information content (AvgIpc) is 3.58. The van der Waals surface area contributed by atoms with E-state index >= 15 is 0 Å². The summed E-state index contributed by atoms with van der Waals surface area (Å²) in [5.74, 6) is 0.289. The maximum absolute atomic E-state index is 3.75. The minimum atomic E-state index is 0.289. The maximum atomic E-state index is 3.75. The summed E-state index contributed by atoms with van der Waals surface area (Å²) < 4.78 is 0. The van der Waals surface area contributed by atoms with E-state index < -0.39 is 0 Å². The summed E-state index contributed by atoms with van der Waals surface area (Å²) in [6, 6.07) is 40.5. The Labute approximate surface area is 233 Å². The third-order valence-electron chi connectivity index (χ3n) is 8.95. The molecule has 194 valence electrons. The standard InChI is InChI=1S/C38H32N2/c1-2-3-4-13-26(31-22-33-27-16-9-11-20-35(27)39-37(33)29-18-7-5-14-24(29)31)32-23-34-28-17-10-12-21-36(28)40-38(34)30-19-8-6-15-25(30)32/h5-12,14-23,26,39-40H,2-4,13H2,1H3. The van der Waals surface area contributed by atoms with Crippen molar-refractivity contribution >= 4 is 65.2 Å². The summed E-state index contributed by atoms with van der Waals surface area (Å²) in [6.45, 7) is 2.30. The smallest absolute Gasteiger partial charge is 0.0544 e. The minimum absolute atomic E-state index is 0.289. The largest absolute Gasteiger partial charge is 0.354 e. The van der Waals surface area contributed by atoms with Crippen LogP contribution in [-0.4, -0.2) is 9.97 Å². The third-order valence-corrected chi connectivity index (χ3v) is 8.95. The van der Waals surface area contributed by atoms with E-state index in [0.717, 1.165) is 6.42 Å². The van der Waals surface area contributed by atoms with Crippen molar-refractivity contribution < 1.29 is 0 Å². The molecule has 2 N–H and O–H groups in total. The number of aromatic amines is 2. The fraction of sp³-hybridized carbons (Fsp3) is 0.158. The normalized spacial score (nSPS) is 12.2. The Morgan fingerprint density at radius 3 is 1.38 bits per heavy atom. The molecule has 0 atom stereocenters. The van der Waals surface area contributed by atoms with Crippen molar-refractivity contribution in [1.82, 2.24) is 9.97 Å². The highest BCUT2D eigenvalue weighted by Crippen LogP contribution is 2.44. The first kappa shape index (κ1) is 23.3. The number of hydrogen-bond donors (Lipinski definition) is 2.